The second-order valence-corrected chi connectivity index (χ2v) is 2.77. The Bertz CT molecular complexity index is 297. The highest BCUT2D eigenvalue weighted by molar-refractivity contribution is 5.83. The molecule has 3 heteroatoms. The van der Waals surface area contributed by atoms with Crippen LogP contribution in [0.2, 0.25) is 0 Å². The zero-order chi connectivity index (χ0) is 10.2. The summed E-state index contributed by atoms with van der Waals surface area (Å²) in [5.41, 5.74) is 0.992. The molecule has 1 aromatic rings. The highest BCUT2D eigenvalue weighted by Gasteiger charge is 1.96. The van der Waals surface area contributed by atoms with Gasteiger partial charge in [0.15, 0.2) is 0 Å². The maximum atomic E-state index is 5.18. The fraction of sp³-hybridized carbons (Fsp3) is 0.364. The molecule has 1 rings (SSSR count). The van der Waals surface area contributed by atoms with E-state index in [2.05, 4.69) is 4.99 Å². The molecule has 0 saturated carbocycles. The van der Waals surface area contributed by atoms with Crippen LogP contribution in [0.15, 0.2) is 29.3 Å². The third-order valence-electron chi connectivity index (χ3n) is 1.79. The SMILES string of the molecule is COCCN=Cc1ccccc1OC. The second-order valence-electron chi connectivity index (χ2n) is 2.77. The Balaban J connectivity index is 2.61. The van der Waals surface area contributed by atoms with Crippen LogP contribution in [0.1, 0.15) is 5.56 Å². The molecule has 0 aromatic heterocycles. The predicted molar refractivity (Wildman–Crippen MR) is 57.3 cm³/mol. The quantitative estimate of drug-likeness (QED) is 0.527. The zero-order valence-electron chi connectivity index (χ0n) is 8.56. The van der Waals surface area contributed by atoms with Gasteiger partial charge in [-0.1, -0.05) is 12.1 Å². The lowest BCUT2D eigenvalue weighted by atomic mass is 10.2. The lowest BCUT2D eigenvalue weighted by Gasteiger charge is -2.02. The van der Waals surface area contributed by atoms with Crippen molar-refractivity contribution in [3.8, 4) is 5.75 Å². The van der Waals surface area contributed by atoms with Crippen LogP contribution in [-0.4, -0.2) is 33.6 Å². The van der Waals surface area contributed by atoms with E-state index in [1.807, 2.05) is 24.3 Å². The minimum absolute atomic E-state index is 0.644. The van der Waals surface area contributed by atoms with Crippen molar-refractivity contribution >= 4 is 6.21 Å². The van der Waals surface area contributed by atoms with Gasteiger partial charge in [-0.05, 0) is 12.1 Å². The minimum atomic E-state index is 0.644. The maximum Gasteiger partial charge on any atom is 0.127 e. The van der Waals surface area contributed by atoms with Crippen molar-refractivity contribution in [1.29, 1.82) is 0 Å². The third-order valence-corrected chi connectivity index (χ3v) is 1.79. The molecule has 0 bridgehead atoms. The molecule has 0 fully saturated rings. The Morgan fingerprint density at radius 2 is 2.07 bits per heavy atom. The summed E-state index contributed by atoms with van der Waals surface area (Å²) in [4.78, 5) is 4.21. The van der Waals surface area contributed by atoms with Crippen molar-refractivity contribution in [2.24, 2.45) is 4.99 Å². The van der Waals surface area contributed by atoms with E-state index in [-0.39, 0.29) is 0 Å². The lowest BCUT2D eigenvalue weighted by Crippen LogP contribution is -1.95. The molecule has 0 spiro atoms. The monoisotopic (exact) mass is 193 g/mol. The van der Waals surface area contributed by atoms with Gasteiger partial charge in [-0.25, -0.2) is 0 Å². The first kappa shape index (κ1) is 10.7. The van der Waals surface area contributed by atoms with E-state index in [1.54, 1.807) is 20.4 Å². The highest BCUT2D eigenvalue weighted by Crippen LogP contribution is 2.14. The van der Waals surface area contributed by atoms with E-state index >= 15 is 0 Å². The summed E-state index contributed by atoms with van der Waals surface area (Å²) in [7, 11) is 3.32. The lowest BCUT2D eigenvalue weighted by molar-refractivity contribution is 0.208. The number of hydrogen-bond donors (Lipinski definition) is 0. The summed E-state index contributed by atoms with van der Waals surface area (Å²) in [6.45, 7) is 1.32. The number of hydrogen-bond acceptors (Lipinski definition) is 3. The fourth-order valence-electron chi connectivity index (χ4n) is 1.08. The summed E-state index contributed by atoms with van der Waals surface area (Å²) >= 11 is 0. The van der Waals surface area contributed by atoms with Gasteiger partial charge >= 0.3 is 0 Å². The molecule has 0 radical (unpaired) electrons. The molecule has 0 aliphatic heterocycles. The number of rotatable bonds is 5. The van der Waals surface area contributed by atoms with Gasteiger partial charge < -0.3 is 9.47 Å². The number of benzene rings is 1. The molecule has 1 aromatic carbocycles. The molecule has 0 atom stereocenters. The average molecular weight is 193 g/mol. The predicted octanol–water partition coefficient (Wildman–Crippen LogP) is 1.76. The smallest absolute Gasteiger partial charge is 0.127 e. The molecule has 0 unspecified atom stereocenters. The number of nitrogens with zero attached hydrogens (tertiary/aromatic N) is 1. The largest absolute Gasteiger partial charge is 0.496 e. The first-order valence-electron chi connectivity index (χ1n) is 4.50. The molecule has 0 aliphatic rings. The first-order chi connectivity index (χ1) is 6.88. The van der Waals surface area contributed by atoms with E-state index < -0.39 is 0 Å². The topological polar surface area (TPSA) is 30.8 Å². The molecular formula is C11H15NO2. The molecule has 14 heavy (non-hydrogen) atoms. The van der Waals surface area contributed by atoms with Crippen LogP contribution >= 0.6 is 0 Å². The van der Waals surface area contributed by atoms with Crippen molar-refractivity contribution < 1.29 is 9.47 Å². The summed E-state index contributed by atoms with van der Waals surface area (Å²) in [5.74, 6) is 0.841. The van der Waals surface area contributed by atoms with Crippen LogP contribution in [0, 0.1) is 0 Å². The summed E-state index contributed by atoms with van der Waals surface area (Å²) < 4.78 is 10.1. The molecule has 76 valence electrons. The summed E-state index contributed by atoms with van der Waals surface area (Å²) in [6.07, 6.45) is 1.80. The van der Waals surface area contributed by atoms with E-state index in [0.29, 0.717) is 13.2 Å². The van der Waals surface area contributed by atoms with Crippen LogP contribution in [0.5, 0.6) is 5.75 Å². The van der Waals surface area contributed by atoms with Gasteiger partial charge in [-0.2, -0.15) is 0 Å². The summed E-state index contributed by atoms with van der Waals surface area (Å²) in [5, 5.41) is 0. The Hall–Kier alpha value is -1.35. The van der Waals surface area contributed by atoms with Gasteiger partial charge in [0.05, 0.1) is 20.3 Å². The average Bonchev–Trinajstić information content (AvgIpc) is 2.25. The number of ether oxygens (including phenoxy) is 2. The normalized spacial score (nSPS) is 10.7. The number of aliphatic imine (C=N–C) groups is 1. The standard InChI is InChI=1S/C11H15NO2/c1-13-8-7-12-9-10-5-3-4-6-11(10)14-2/h3-6,9H,7-8H2,1-2H3. The number of methoxy groups -OCH3 is 2. The van der Waals surface area contributed by atoms with Crippen molar-refractivity contribution in [2.45, 2.75) is 0 Å². The van der Waals surface area contributed by atoms with Gasteiger partial charge in [0.1, 0.15) is 5.75 Å². The molecule has 0 amide bonds. The van der Waals surface area contributed by atoms with Crippen LogP contribution in [0.25, 0.3) is 0 Å². The van der Waals surface area contributed by atoms with Gasteiger partial charge in [0.2, 0.25) is 0 Å². The van der Waals surface area contributed by atoms with E-state index in [0.717, 1.165) is 11.3 Å². The summed E-state index contributed by atoms with van der Waals surface area (Å²) in [6, 6.07) is 7.78. The Labute approximate surface area is 84.4 Å². The second kappa shape index (κ2) is 6.16. The molecule has 0 saturated heterocycles. The van der Waals surface area contributed by atoms with Crippen molar-refractivity contribution in [3.05, 3.63) is 29.8 Å². The van der Waals surface area contributed by atoms with E-state index in [1.165, 1.54) is 0 Å². The molecule has 0 heterocycles. The number of para-hydroxylation sites is 1. The van der Waals surface area contributed by atoms with Crippen molar-refractivity contribution in [3.63, 3.8) is 0 Å². The molecule has 3 nitrogen and oxygen atoms in total. The van der Waals surface area contributed by atoms with Gasteiger partial charge in [0, 0.05) is 18.9 Å². The van der Waals surface area contributed by atoms with Crippen molar-refractivity contribution in [1.82, 2.24) is 0 Å². The van der Waals surface area contributed by atoms with E-state index in [4.69, 9.17) is 9.47 Å². The maximum absolute atomic E-state index is 5.18. The zero-order valence-corrected chi connectivity index (χ0v) is 8.56. The van der Waals surface area contributed by atoms with E-state index in [9.17, 15) is 0 Å². The molecular weight excluding hydrogens is 178 g/mol. The minimum Gasteiger partial charge on any atom is -0.496 e. The van der Waals surface area contributed by atoms with Crippen LogP contribution in [-0.2, 0) is 4.74 Å². The Morgan fingerprint density at radius 3 is 2.79 bits per heavy atom. The highest BCUT2D eigenvalue weighted by atomic mass is 16.5. The van der Waals surface area contributed by atoms with Gasteiger partial charge in [0.25, 0.3) is 0 Å². The first-order valence-corrected chi connectivity index (χ1v) is 4.50. The van der Waals surface area contributed by atoms with Crippen molar-refractivity contribution in [2.75, 3.05) is 27.4 Å². The Morgan fingerprint density at radius 1 is 1.29 bits per heavy atom. The van der Waals surface area contributed by atoms with Crippen LogP contribution < -0.4 is 4.74 Å². The molecule has 0 N–H and O–H groups in total. The van der Waals surface area contributed by atoms with Gasteiger partial charge in [-0.15, -0.1) is 0 Å². The molecule has 0 aliphatic carbocycles. The van der Waals surface area contributed by atoms with Gasteiger partial charge in [-0.3, -0.25) is 4.99 Å². The van der Waals surface area contributed by atoms with Crippen LogP contribution in [0.3, 0.4) is 0 Å². The fourth-order valence-corrected chi connectivity index (χ4v) is 1.08. The Kier molecular flexibility index (Phi) is 4.72. The third kappa shape index (κ3) is 3.18. The van der Waals surface area contributed by atoms with Crippen LogP contribution in [0.4, 0.5) is 0 Å².